The van der Waals surface area contributed by atoms with Crippen LogP contribution in [0.5, 0.6) is 0 Å². The number of methoxy groups -OCH3 is 1. The topological polar surface area (TPSA) is 252 Å². The molecule has 1 aliphatic heterocycles. The lowest BCUT2D eigenvalue weighted by molar-refractivity contribution is -0.141. The molecule has 0 bridgehead atoms. The van der Waals surface area contributed by atoms with E-state index in [-0.39, 0.29) is 52.2 Å². The molecule has 0 spiro atoms. The maximum atomic E-state index is 15.8. The Bertz CT molecular complexity index is 3420. The van der Waals surface area contributed by atoms with Crippen molar-refractivity contribution in [3.05, 3.63) is 113 Å². The third-order valence-electron chi connectivity index (χ3n) is 13.4. The molecule has 1 fully saturated rings. The van der Waals surface area contributed by atoms with Crippen LogP contribution in [-0.2, 0) is 36.6 Å². The molecular weight excluding hydrogens is 1080 g/mol. The van der Waals surface area contributed by atoms with E-state index < -0.39 is 66.4 Å². The molecular formula is C55H59ClF4N14O7. The highest BCUT2D eigenvalue weighted by atomic mass is 35.5. The second kappa shape index (κ2) is 27.0. The Kier molecular flexibility index (Phi) is 19.5. The summed E-state index contributed by atoms with van der Waals surface area (Å²) < 4.78 is 65.6. The number of nitrogens with zero attached hydrogens (tertiary/aromatic N) is 8. The van der Waals surface area contributed by atoms with Crippen LogP contribution in [0, 0.1) is 5.82 Å². The monoisotopic (exact) mass is 1140 g/mol. The van der Waals surface area contributed by atoms with Gasteiger partial charge in [-0.3, -0.25) is 38.3 Å². The van der Waals surface area contributed by atoms with Crippen LogP contribution in [0.1, 0.15) is 65.8 Å². The third kappa shape index (κ3) is 15.2. The number of hydrogen-bond donors (Lipinski definition) is 6. The van der Waals surface area contributed by atoms with E-state index in [2.05, 4.69) is 78.7 Å². The van der Waals surface area contributed by atoms with Gasteiger partial charge in [0.15, 0.2) is 11.5 Å². The van der Waals surface area contributed by atoms with E-state index in [4.69, 9.17) is 11.6 Å². The average Bonchev–Trinajstić information content (AvgIpc) is 4.10. The van der Waals surface area contributed by atoms with Crippen LogP contribution in [0.2, 0.25) is 5.02 Å². The Hall–Kier alpha value is -8.71. The van der Waals surface area contributed by atoms with Crippen LogP contribution in [-0.4, -0.2) is 136 Å². The Morgan fingerprint density at radius 1 is 0.753 bits per heavy atom. The number of unbranched alkanes of at least 4 members (excludes halogenated alkanes) is 4. The third-order valence-corrected chi connectivity index (χ3v) is 13.7. The summed E-state index contributed by atoms with van der Waals surface area (Å²) in [6.45, 7) is 3.31. The maximum Gasteiger partial charge on any atom is 0.435 e. The highest BCUT2D eigenvalue weighted by Crippen LogP contribution is 2.41. The highest BCUT2D eigenvalue weighted by molar-refractivity contribution is 6.33. The van der Waals surface area contributed by atoms with Crippen molar-refractivity contribution in [3.63, 3.8) is 0 Å². The number of piperazine rings is 1. The van der Waals surface area contributed by atoms with Gasteiger partial charge in [0.05, 0.1) is 48.3 Å². The summed E-state index contributed by atoms with van der Waals surface area (Å²) >= 11 is 6.41. The predicted molar refractivity (Wildman–Crippen MR) is 296 cm³/mol. The van der Waals surface area contributed by atoms with Gasteiger partial charge in [-0.1, -0.05) is 55.1 Å². The van der Waals surface area contributed by atoms with Crippen molar-refractivity contribution in [1.82, 2.24) is 55.7 Å². The molecule has 8 rings (SSSR count). The van der Waals surface area contributed by atoms with Gasteiger partial charge in [0.2, 0.25) is 29.6 Å². The molecule has 1 saturated heterocycles. The van der Waals surface area contributed by atoms with Crippen LogP contribution in [0.25, 0.3) is 32.9 Å². The van der Waals surface area contributed by atoms with Gasteiger partial charge in [0.25, 0.3) is 5.91 Å². The molecule has 426 valence electrons. The second-order valence-electron chi connectivity index (χ2n) is 18.9. The fraction of sp³-hybridized carbons (Fsp3) is 0.345. The molecule has 0 saturated carbocycles. The molecule has 0 radical (unpaired) electrons. The fourth-order valence-electron chi connectivity index (χ4n) is 9.21. The number of carbonyl (C=O) groups excluding carboxylic acids is 6. The molecule has 0 unspecified atom stereocenters. The molecule has 6 N–H and O–H groups in total. The molecule has 1 aliphatic rings. The van der Waals surface area contributed by atoms with Crippen LogP contribution < -0.4 is 36.8 Å². The predicted octanol–water partition coefficient (Wildman–Crippen LogP) is 7.22. The molecule has 0 aliphatic carbocycles. The zero-order chi connectivity index (χ0) is 57.6. The largest absolute Gasteiger partial charge is 0.468 e. The number of esters is 1. The van der Waals surface area contributed by atoms with E-state index in [9.17, 15) is 41.9 Å². The van der Waals surface area contributed by atoms with Crippen LogP contribution >= 0.6 is 11.6 Å². The van der Waals surface area contributed by atoms with Gasteiger partial charge < -0.3 is 41.5 Å². The summed E-state index contributed by atoms with van der Waals surface area (Å²) in [5.74, 6) is -3.75. The minimum absolute atomic E-state index is 0.0967. The quantitative estimate of drug-likeness (QED) is 0.0199. The van der Waals surface area contributed by atoms with Gasteiger partial charge >= 0.3 is 12.1 Å². The molecule has 4 amide bonds. The van der Waals surface area contributed by atoms with Gasteiger partial charge in [-0.05, 0) is 79.5 Å². The molecule has 21 nitrogen and oxygen atoms in total. The van der Waals surface area contributed by atoms with Crippen molar-refractivity contribution >= 4 is 97.7 Å². The molecule has 7 aromatic rings. The zero-order valence-corrected chi connectivity index (χ0v) is 45.1. The summed E-state index contributed by atoms with van der Waals surface area (Å²) in [7, 11) is 2.69. The van der Waals surface area contributed by atoms with Crippen molar-refractivity contribution < 1.29 is 51.1 Å². The van der Waals surface area contributed by atoms with E-state index in [1.165, 1.54) is 36.7 Å². The van der Waals surface area contributed by atoms with Crippen molar-refractivity contribution in [2.75, 3.05) is 82.0 Å². The average molecular weight is 1140 g/mol. The Morgan fingerprint density at radius 2 is 1.49 bits per heavy atom. The number of hydrogen-bond acceptors (Lipinski definition) is 15. The minimum Gasteiger partial charge on any atom is -0.468 e. The first kappa shape index (κ1) is 58.4. The number of amides is 4. The first-order chi connectivity index (χ1) is 39.0. The molecule has 3 aromatic heterocycles. The number of rotatable bonds is 24. The van der Waals surface area contributed by atoms with E-state index in [1.54, 1.807) is 25.2 Å². The summed E-state index contributed by atoms with van der Waals surface area (Å²) in [6.07, 6.45) is 2.08. The maximum absolute atomic E-state index is 15.8. The first-order valence-electron chi connectivity index (χ1n) is 26.1. The summed E-state index contributed by atoms with van der Waals surface area (Å²) in [5.41, 5.74) is 0.932. The van der Waals surface area contributed by atoms with Crippen LogP contribution in [0.3, 0.4) is 0 Å². The number of fused-ring (bicyclic) bond motifs is 2. The lowest BCUT2D eigenvalue weighted by atomic mass is 9.98. The molecule has 0 atom stereocenters. The van der Waals surface area contributed by atoms with Gasteiger partial charge in [0, 0.05) is 80.3 Å². The number of alkyl halides is 3. The number of anilines is 5. The molecule has 26 heteroatoms. The minimum atomic E-state index is -5.04. The SMILES string of the molecule is CNC(=O)c1ccccc1Nc1nc(Nc2ccc(N3CCN(CCCCCCCNC(=O)CCC(=O)n4ncc5cc(F)c(-c6cccc7c6c(C(F)(F)F)nn7CC(=O)NCC(=O)NCC(=O)OC)cc54)CC3)cc2)ncc1Cl. The number of ether oxygens (including phenoxy) is 1. The summed E-state index contributed by atoms with van der Waals surface area (Å²) in [6, 6.07) is 21.3. The second-order valence-corrected chi connectivity index (χ2v) is 19.3. The standard InChI is InChI=1S/C55H59ClF4N14O7/c1-61-53(80)38-11-6-7-13-42(38)68-52-40(56)30-65-54(69-52)67-35-15-17-36(18-16-35)72-25-23-71(24-26-72)22-9-5-3-4-8-21-62-45(75)19-20-48(78)74-44-28-39(41(57)27-34(44)29-66-74)37-12-10-14-43-50(37)51(55(58,59)60)70-73(43)33-47(77)63-31-46(76)64-32-49(79)81-2/h6-7,10-18,27-30H,3-5,8-9,19-26,31-33H2,1-2H3,(H,61,80)(H,62,75)(H,63,77)(H,64,76)(H2,65,67,68,69). The zero-order valence-electron chi connectivity index (χ0n) is 44.3. The lowest BCUT2D eigenvalue weighted by Crippen LogP contribution is -2.46. The molecule has 81 heavy (non-hydrogen) atoms. The fourth-order valence-corrected chi connectivity index (χ4v) is 9.35. The lowest BCUT2D eigenvalue weighted by Gasteiger charge is -2.36. The van der Waals surface area contributed by atoms with Gasteiger partial charge in [0.1, 0.15) is 23.9 Å². The number of benzene rings is 4. The van der Waals surface area contributed by atoms with Crippen LogP contribution in [0.4, 0.5) is 46.4 Å². The normalized spacial score (nSPS) is 12.8. The number of aromatic nitrogens is 6. The Morgan fingerprint density at radius 3 is 2.25 bits per heavy atom. The molecule has 4 heterocycles. The van der Waals surface area contributed by atoms with Crippen molar-refractivity contribution in [1.29, 1.82) is 0 Å². The Labute approximate surface area is 467 Å². The number of halogens is 5. The first-order valence-corrected chi connectivity index (χ1v) is 26.5. The van der Waals surface area contributed by atoms with Crippen LogP contribution in [0.15, 0.2) is 91.3 Å². The van der Waals surface area contributed by atoms with Crippen molar-refractivity contribution in [2.45, 2.75) is 57.7 Å². The number of para-hydroxylation sites is 1. The van der Waals surface area contributed by atoms with Crippen molar-refractivity contribution in [3.8, 4) is 11.1 Å². The van der Waals surface area contributed by atoms with E-state index in [0.29, 0.717) is 34.6 Å². The number of carbonyl (C=O) groups is 6. The number of nitrogens with one attached hydrogen (secondary N) is 6. The van der Waals surface area contributed by atoms with E-state index >= 15 is 4.39 Å². The van der Waals surface area contributed by atoms with Crippen molar-refractivity contribution in [2.24, 2.45) is 0 Å². The summed E-state index contributed by atoms with van der Waals surface area (Å²) in [5, 5.41) is 24.1. The highest BCUT2D eigenvalue weighted by Gasteiger charge is 2.38. The summed E-state index contributed by atoms with van der Waals surface area (Å²) in [4.78, 5) is 88.3. The van der Waals surface area contributed by atoms with E-state index in [1.807, 2.05) is 18.2 Å². The van der Waals surface area contributed by atoms with Gasteiger partial charge in [-0.15, -0.1) is 0 Å². The van der Waals surface area contributed by atoms with E-state index in [0.717, 1.165) is 98.7 Å². The van der Waals surface area contributed by atoms with Gasteiger partial charge in [-0.25, -0.2) is 14.1 Å². The smallest absolute Gasteiger partial charge is 0.435 e. The molecule has 4 aromatic carbocycles. The Balaban J connectivity index is 0.739. The van der Waals surface area contributed by atoms with Gasteiger partial charge in [-0.2, -0.15) is 28.4 Å².